The Kier molecular flexibility index (Phi) is 5.06. The third kappa shape index (κ3) is 3.67. The lowest BCUT2D eigenvalue weighted by Crippen LogP contribution is -2.25. The highest BCUT2D eigenvalue weighted by atomic mass is 35.5. The van der Waals surface area contributed by atoms with Gasteiger partial charge in [-0.3, -0.25) is 0 Å². The van der Waals surface area contributed by atoms with Gasteiger partial charge in [0.05, 0.1) is 18.6 Å². The van der Waals surface area contributed by atoms with Gasteiger partial charge in [0.1, 0.15) is 11.5 Å². The molecule has 0 atom stereocenters. The summed E-state index contributed by atoms with van der Waals surface area (Å²) < 4.78 is 15.2. The van der Waals surface area contributed by atoms with Gasteiger partial charge in [-0.25, -0.2) is 23.4 Å². The van der Waals surface area contributed by atoms with Crippen LogP contribution in [0.25, 0.3) is 16.8 Å². The third-order valence-corrected chi connectivity index (χ3v) is 3.91. The monoisotopic (exact) mass is 359 g/mol. The first kappa shape index (κ1) is 17.1. The van der Waals surface area contributed by atoms with Crippen molar-refractivity contribution >= 4 is 11.6 Å². The first-order valence-electron chi connectivity index (χ1n) is 7.47. The van der Waals surface area contributed by atoms with Crippen LogP contribution in [-0.4, -0.2) is 25.9 Å². The van der Waals surface area contributed by atoms with Gasteiger partial charge < -0.3 is 5.73 Å². The highest BCUT2D eigenvalue weighted by Gasteiger charge is 2.09. The van der Waals surface area contributed by atoms with Gasteiger partial charge in [0.25, 0.3) is 0 Å². The zero-order valence-corrected chi connectivity index (χ0v) is 13.9. The third-order valence-electron chi connectivity index (χ3n) is 3.69. The van der Waals surface area contributed by atoms with Crippen molar-refractivity contribution in [1.82, 2.24) is 19.3 Å². The van der Waals surface area contributed by atoms with Crippen molar-refractivity contribution in [3.05, 3.63) is 76.5 Å². The second kappa shape index (κ2) is 7.42. The molecule has 0 radical (unpaired) electrons. The maximum absolute atomic E-state index is 12.7. The Morgan fingerprint density at radius 1 is 1.28 bits per heavy atom. The number of hydrogen-bond acceptors (Lipinski definition) is 4. The van der Waals surface area contributed by atoms with Gasteiger partial charge in [0.2, 0.25) is 0 Å². The summed E-state index contributed by atoms with van der Waals surface area (Å²) in [5.41, 5.74) is 7.73. The average Bonchev–Trinajstić information content (AvgIpc) is 3.01. The zero-order chi connectivity index (χ0) is 17.8. The summed E-state index contributed by atoms with van der Waals surface area (Å²) in [5, 5.41) is 4.43. The highest BCUT2D eigenvalue weighted by Crippen LogP contribution is 2.21. The van der Waals surface area contributed by atoms with Crippen LogP contribution < -0.4 is 11.4 Å². The summed E-state index contributed by atoms with van der Waals surface area (Å²) in [6, 6.07) is 10.9. The summed E-state index contributed by atoms with van der Waals surface area (Å²) in [6.45, 7) is 0.0362. The predicted octanol–water partition coefficient (Wildman–Crippen LogP) is 2.56. The van der Waals surface area contributed by atoms with E-state index in [4.69, 9.17) is 17.3 Å². The lowest BCUT2D eigenvalue weighted by Gasteiger charge is -2.05. The van der Waals surface area contributed by atoms with Crippen molar-refractivity contribution in [2.45, 2.75) is 6.54 Å². The molecule has 2 heterocycles. The molecule has 0 amide bonds. The van der Waals surface area contributed by atoms with Crippen LogP contribution in [0.1, 0.15) is 0 Å². The van der Waals surface area contributed by atoms with Gasteiger partial charge in [-0.05, 0) is 35.4 Å². The SMILES string of the molecule is NC/C(=C\F)Cn1ncn(-c2cccc(-c3ccc(Cl)nc3)c2)c1=O. The van der Waals surface area contributed by atoms with Crippen LogP contribution in [0.15, 0.2) is 65.6 Å². The number of aromatic nitrogens is 4. The van der Waals surface area contributed by atoms with Gasteiger partial charge >= 0.3 is 5.69 Å². The van der Waals surface area contributed by atoms with E-state index >= 15 is 0 Å². The molecule has 128 valence electrons. The van der Waals surface area contributed by atoms with Crippen LogP contribution in [0.4, 0.5) is 4.39 Å². The van der Waals surface area contributed by atoms with Crippen molar-refractivity contribution in [2.24, 2.45) is 5.73 Å². The molecule has 3 rings (SSSR count). The molecule has 0 spiro atoms. The van der Waals surface area contributed by atoms with E-state index in [0.717, 1.165) is 15.8 Å². The molecule has 8 heteroatoms. The van der Waals surface area contributed by atoms with Gasteiger partial charge in [0.15, 0.2) is 0 Å². The number of nitrogens with two attached hydrogens (primary N) is 1. The first-order chi connectivity index (χ1) is 12.1. The Balaban J connectivity index is 1.95. The summed E-state index contributed by atoms with van der Waals surface area (Å²) in [6.07, 6.45) is 3.46. The van der Waals surface area contributed by atoms with Crippen molar-refractivity contribution in [1.29, 1.82) is 0 Å². The minimum atomic E-state index is -0.376. The second-order valence-corrected chi connectivity index (χ2v) is 5.72. The molecule has 0 fully saturated rings. The van der Waals surface area contributed by atoms with Crippen molar-refractivity contribution in [3.8, 4) is 16.8 Å². The molecule has 0 unspecified atom stereocenters. The number of halogens is 2. The lowest BCUT2D eigenvalue weighted by atomic mass is 10.1. The molecule has 0 aliphatic carbocycles. The van der Waals surface area contributed by atoms with E-state index in [2.05, 4.69) is 10.1 Å². The van der Waals surface area contributed by atoms with E-state index in [0.29, 0.717) is 17.2 Å². The summed E-state index contributed by atoms with van der Waals surface area (Å²) in [4.78, 5) is 16.5. The summed E-state index contributed by atoms with van der Waals surface area (Å²) >= 11 is 5.81. The van der Waals surface area contributed by atoms with Crippen LogP contribution in [0, 0.1) is 0 Å². The van der Waals surface area contributed by atoms with Gasteiger partial charge in [-0.2, -0.15) is 5.10 Å². The minimum absolute atomic E-state index is 0.0135. The standard InChI is InChI=1S/C17H15ClFN5O/c18-16-5-4-14(9-21-16)13-2-1-3-15(6-13)23-11-22-24(17(23)25)10-12(7-19)8-20/h1-7,9,11H,8,10,20H2/b12-7+. The number of benzene rings is 1. The van der Waals surface area contributed by atoms with E-state index in [1.807, 2.05) is 24.3 Å². The molecule has 0 aliphatic rings. The van der Waals surface area contributed by atoms with Crippen LogP contribution in [0.3, 0.4) is 0 Å². The Morgan fingerprint density at radius 2 is 2.12 bits per heavy atom. The molecule has 1 aromatic carbocycles. The van der Waals surface area contributed by atoms with Gasteiger partial charge in [0, 0.05) is 18.3 Å². The molecular weight excluding hydrogens is 345 g/mol. The Hall–Kier alpha value is -2.77. The van der Waals surface area contributed by atoms with Crippen molar-refractivity contribution in [3.63, 3.8) is 0 Å². The molecule has 2 aromatic heterocycles. The molecule has 6 nitrogen and oxygen atoms in total. The van der Waals surface area contributed by atoms with Gasteiger partial charge in [-0.15, -0.1) is 0 Å². The average molecular weight is 360 g/mol. The highest BCUT2D eigenvalue weighted by molar-refractivity contribution is 6.29. The van der Waals surface area contributed by atoms with Crippen molar-refractivity contribution < 1.29 is 4.39 Å². The van der Waals surface area contributed by atoms with Crippen LogP contribution in [-0.2, 0) is 6.54 Å². The van der Waals surface area contributed by atoms with E-state index in [1.54, 1.807) is 18.3 Å². The van der Waals surface area contributed by atoms with Crippen LogP contribution >= 0.6 is 11.6 Å². The molecule has 0 saturated carbocycles. The number of hydrogen-bond donors (Lipinski definition) is 1. The normalized spacial score (nSPS) is 11.7. The smallest absolute Gasteiger partial charge is 0.327 e. The quantitative estimate of drug-likeness (QED) is 0.710. The largest absolute Gasteiger partial charge is 0.350 e. The molecule has 0 bridgehead atoms. The first-order valence-corrected chi connectivity index (χ1v) is 7.85. The van der Waals surface area contributed by atoms with Crippen molar-refractivity contribution in [2.75, 3.05) is 6.54 Å². The molecular formula is C17H15ClFN5O. The summed E-state index contributed by atoms with van der Waals surface area (Å²) in [5.74, 6) is 0. The van der Waals surface area contributed by atoms with E-state index < -0.39 is 0 Å². The minimum Gasteiger partial charge on any atom is -0.327 e. The summed E-state index contributed by atoms with van der Waals surface area (Å²) in [7, 11) is 0. The predicted molar refractivity (Wildman–Crippen MR) is 94.3 cm³/mol. The fourth-order valence-electron chi connectivity index (χ4n) is 2.34. The van der Waals surface area contributed by atoms with E-state index in [-0.39, 0.29) is 24.4 Å². The Morgan fingerprint density at radius 3 is 2.80 bits per heavy atom. The Labute approximate surface area is 148 Å². The molecule has 0 aliphatic heterocycles. The zero-order valence-electron chi connectivity index (χ0n) is 13.1. The molecule has 0 saturated heterocycles. The molecule has 25 heavy (non-hydrogen) atoms. The maximum atomic E-state index is 12.7. The van der Waals surface area contributed by atoms with Gasteiger partial charge in [-0.1, -0.05) is 23.7 Å². The lowest BCUT2D eigenvalue weighted by molar-refractivity contribution is 0.612. The van der Waals surface area contributed by atoms with E-state index in [1.165, 1.54) is 10.9 Å². The van der Waals surface area contributed by atoms with Crippen LogP contribution in [0.2, 0.25) is 5.15 Å². The topological polar surface area (TPSA) is 78.7 Å². The number of pyridine rings is 1. The fourth-order valence-corrected chi connectivity index (χ4v) is 2.45. The van der Waals surface area contributed by atoms with Crippen LogP contribution in [0.5, 0.6) is 0 Å². The maximum Gasteiger partial charge on any atom is 0.350 e. The number of nitrogens with zero attached hydrogens (tertiary/aromatic N) is 4. The number of rotatable bonds is 5. The fraction of sp³-hybridized carbons (Fsp3) is 0.118. The Bertz CT molecular complexity index is 962. The second-order valence-electron chi connectivity index (χ2n) is 5.33. The molecule has 3 aromatic rings. The van der Waals surface area contributed by atoms with E-state index in [9.17, 15) is 9.18 Å². The molecule has 2 N–H and O–H groups in total.